The summed E-state index contributed by atoms with van der Waals surface area (Å²) in [6, 6.07) is 21.0. The second-order valence-electron chi connectivity index (χ2n) is 7.18. The van der Waals surface area contributed by atoms with Crippen LogP contribution in [0.5, 0.6) is 0 Å². The van der Waals surface area contributed by atoms with Crippen molar-refractivity contribution < 1.29 is 13.2 Å². The summed E-state index contributed by atoms with van der Waals surface area (Å²) in [6.45, 7) is 1.17. The molecule has 7 heteroatoms. The smallest absolute Gasteiger partial charge is 0.255 e. The Morgan fingerprint density at radius 3 is 2.07 bits per heavy atom. The molecule has 0 saturated carbocycles. The number of halogens is 1. The molecule has 3 aromatic rings. The first kappa shape index (κ1) is 20.6. The summed E-state index contributed by atoms with van der Waals surface area (Å²) in [5.41, 5.74) is 2.94. The Morgan fingerprint density at radius 2 is 1.47 bits per heavy atom. The lowest BCUT2D eigenvalue weighted by molar-refractivity contribution is 0.102. The molecule has 0 atom stereocenters. The van der Waals surface area contributed by atoms with Gasteiger partial charge in [-0.3, -0.25) is 4.79 Å². The van der Waals surface area contributed by atoms with Gasteiger partial charge >= 0.3 is 0 Å². The van der Waals surface area contributed by atoms with Crippen LogP contribution in [0.25, 0.3) is 11.1 Å². The van der Waals surface area contributed by atoms with Crippen LogP contribution in [-0.2, 0) is 10.0 Å². The predicted molar refractivity (Wildman–Crippen MR) is 119 cm³/mol. The molecule has 30 heavy (non-hydrogen) atoms. The van der Waals surface area contributed by atoms with Crippen molar-refractivity contribution in [2.75, 3.05) is 18.4 Å². The SMILES string of the molecule is O=C(Nc1cccc(Cl)c1)c1ccc(-c2ccc(S(=O)(=O)N3CCCC3)cc2)cc1. The summed E-state index contributed by atoms with van der Waals surface area (Å²) in [4.78, 5) is 12.7. The van der Waals surface area contributed by atoms with Crippen molar-refractivity contribution in [3.63, 3.8) is 0 Å². The van der Waals surface area contributed by atoms with Crippen molar-refractivity contribution in [3.8, 4) is 11.1 Å². The van der Waals surface area contributed by atoms with Gasteiger partial charge < -0.3 is 5.32 Å². The Balaban J connectivity index is 1.48. The van der Waals surface area contributed by atoms with Gasteiger partial charge in [0.2, 0.25) is 10.0 Å². The van der Waals surface area contributed by atoms with Gasteiger partial charge in [0.1, 0.15) is 0 Å². The normalized spacial score (nSPS) is 14.6. The molecule has 1 saturated heterocycles. The van der Waals surface area contributed by atoms with Gasteiger partial charge in [-0.05, 0) is 66.4 Å². The summed E-state index contributed by atoms with van der Waals surface area (Å²) in [7, 11) is -3.42. The minimum absolute atomic E-state index is 0.226. The molecule has 0 bridgehead atoms. The third-order valence-corrected chi connectivity index (χ3v) is 7.27. The highest BCUT2D eigenvalue weighted by Crippen LogP contribution is 2.25. The Kier molecular flexibility index (Phi) is 5.90. The van der Waals surface area contributed by atoms with Crippen molar-refractivity contribution in [1.82, 2.24) is 4.31 Å². The first-order valence-electron chi connectivity index (χ1n) is 9.71. The maximum Gasteiger partial charge on any atom is 0.255 e. The Labute approximate surface area is 181 Å². The fourth-order valence-corrected chi connectivity index (χ4v) is 5.19. The summed E-state index contributed by atoms with van der Waals surface area (Å²) in [6.07, 6.45) is 1.82. The second kappa shape index (κ2) is 8.60. The number of benzene rings is 3. The highest BCUT2D eigenvalue weighted by atomic mass is 35.5. The quantitative estimate of drug-likeness (QED) is 0.604. The lowest BCUT2D eigenvalue weighted by Crippen LogP contribution is -2.27. The molecule has 1 aliphatic rings. The zero-order chi connectivity index (χ0) is 21.1. The molecule has 1 aliphatic heterocycles. The molecular formula is C23H21ClN2O3S. The molecule has 0 radical (unpaired) electrons. The molecule has 5 nitrogen and oxygen atoms in total. The van der Waals surface area contributed by atoms with E-state index in [0.29, 0.717) is 34.3 Å². The number of carbonyl (C=O) groups is 1. The summed E-state index contributed by atoms with van der Waals surface area (Å²) in [5.74, 6) is -0.226. The maximum atomic E-state index is 12.6. The van der Waals surface area contributed by atoms with Crippen LogP contribution in [-0.4, -0.2) is 31.7 Å². The van der Waals surface area contributed by atoms with E-state index >= 15 is 0 Å². The first-order valence-corrected chi connectivity index (χ1v) is 11.5. The van der Waals surface area contributed by atoms with Crippen molar-refractivity contribution in [2.45, 2.75) is 17.7 Å². The topological polar surface area (TPSA) is 66.5 Å². The van der Waals surface area contributed by atoms with Crippen molar-refractivity contribution in [3.05, 3.63) is 83.4 Å². The van der Waals surface area contributed by atoms with Crippen LogP contribution in [0.15, 0.2) is 77.7 Å². The van der Waals surface area contributed by atoms with E-state index in [-0.39, 0.29) is 5.91 Å². The van der Waals surface area contributed by atoms with E-state index in [0.717, 1.165) is 24.0 Å². The summed E-state index contributed by atoms with van der Waals surface area (Å²) >= 11 is 5.95. The summed E-state index contributed by atoms with van der Waals surface area (Å²) in [5, 5.41) is 3.37. The number of amides is 1. The van der Waals surface area contributed by atoms with Crippen molar-refractivity contribution >= 4 is 33.2 Å². The highest BCUT2D eigenvalue weighted by Gasteiger charge is 2.26. The molecule has 1 fully saturated rings. The molecule has 154 valence electrons. The van der Waals surface area contributed by atoms with Gasteiger partial charge in [-0.1, -0.05) is 41.9 Å². The standard InChI is InChI=1S/C23H21ClN2O3S/c24-20-4-3-5-21(16-20)25-23(27)19-8-6-17(7-9-19)18-10-12-22(13-11-18)30(28,29)26-14-1-2-15-26/h3-13,16H,1-2,14-15H2,(H,25,27). The average molecular weight is 441 g/mol. The van der Waals surface area contributed by atoms with Gasteiger partial charge in [-0.2, -0.15) is 4.31 Å². The van der Waals surface area contributed by atoms with Crippen LogP contribution in [0.1, 0.15) is 23.2 Å². The number of hydrogen-bond acceptors (Lipinski definition) is 3. The molecule has 1 heterocycles. The lowest BCUT2D eigenvalue weighted by Gasteiger charge is -2.15. The van der Waals surface area contributed by atoms with Gasteiger partial charge in [0.15, 0.2) is 0 Å². The van der Waals surface area contributed by atoms with E-state index in [4.69, 9.17) is 11.6 Å². The van der Waals surface area contributed by atoms with Gasteiger partial charge in [0.05, 0.1) is 4.90 Å². The maximum absolute atomic E-state index is 12.6. The van der Waals surface area contributed by atoms with Crippen LogP contribution in [0.4, 0.5) is 5.69 Å². The minimum Gasteiger partial charge on any atom is -0.322 e. The van der Waals surface area contributed by atoms with Gasteiger partial charge in [0.25, 0.3) is 5.91 Å². The molecule has 3 aromatic carbocycles. The van der Waals surface area contributed by atoms with E-state index < -0.39 is 10.0 Å². The number of nitrogens with one attached hydrogen (secondary N) is 1. The molecule has 0 aromatic heterocycles. The van der Waals surface area contributed by atoms with E-state index in [1.54, 1.807) is 60.7 Å². The van der Waals surface area contributed by atoms with Gasteiger partial charge in [-0.25, -0.2) is 8.42 Å². The zero-order valence-corrected chi connectivity index (χ0v) is 17.8. The fraction of sp³-hybridized carbons (Fsp3) is 0.174. The van der Waals surface area contributed by atoms with E-state index in [9.17, 15) is 13.2 Å². The van der Waals surface area contributed by atoms with Crippen LogP contribution in [0.2, 0.25) is 5.02 Å². The minimum atomic E-state index is -3.42. The number of rotatable bonds is 5. The Morgan fingerprint density at radius 1 is 0.867 bits per heavy atom. The average Bonchev–Trinajstić information content (AvgIpc) is 3.30. The highest BCUT2D eigenvalue weighted by molar-refractivity contribution is 7.89. The lowest BCUT2D eigenvalue weighted by atomic mass is 10.0. The molecule has 0 aliphatic carbocycles. The van der Waals surface area contributed by atoms with E-state index in [1.807, 2.05) is 12.1 Å². The fourth-order valence-electron chi connectivity index (χ4n) is 3.48. The van der Waals surface area contributed by atoms with Crippen LogP contribution >= 0.6 is 11.6 Å². The first-order chi connectivity index (χ1) is 14.4. The monoisotopic (exact) mass is 440 g/mol. The van der Waals surface area contributed by atoms with Crippen LogP contribution in [0.3, 0.4) is 0 Å². The number of nitrogens with zero attached hydrogens (tertiary/aromatic N) is 1. The van der Waals surface area contributed by atoms with E-state index in [2.05, 4.69) is 5.32 Å². The Bertz CT molecular complexity index is 1150. The van der Waals surface area contributed by atoms with E-state index in [1.165, 1.54) is 4.31 Å². The number of sulfonamides is 1. The number of hydrogen-bond donors (Lipinski definition) is 1. The zero-order valence-electron chi connectivity index (χ0n) is 16.2. The molecule has 0 spiro atoms. The van der Waals surface area contributed by atoms with Crippen LogP contribution in [0, 0.1) is 0 Å². The number of anilines is 1. The molecule has 0 unspecified atom stereocenters. The Hall–Kier alpha value is -2.67. The van der Waals surface area contributed by atoms with Gasteiger partial charge in [0, 0.05) is 29.4 Å². The van der Waals surface area contributed by atoms with Crippen LogP contribution < -0.4 is 5.32 Å². The second-order valence-corrected chi connectivity index (χ2v) is 9.55. The third kappa shape index (κ3) is 4.41. The molecule has 4 rings (SSSR count). The van der Waals surface area contributed by atoms with Crippen molar-refractivity contribution in [2.24, 2.45) is 0 Å². The van der Waals surface area contributed by atoms with Gasteiger partial charge in [-0.15, -0.1) is 0 Å². The summed E-state index contributed by atoms with van der Waals surface area (Å²) < 4.78 is 26.8. The molecule has 1 amide bonds. The largest absolute Gasteiger partial charge is 0.322 e. The number of carbonyl (C=O) groups excluding carboxylic acids is 1. The molecule has 1 N–H and O–H groups in total. The molecular weight excluding hydrogens is 420 g/mol. The van der Waals surface area contributed by atoms with Crippen molar-refractivity contribution in [1.29, 1.82) is 0 Å². The predicted octanol–water partition coefficient (Wildman–Crippen LogP) is 5.04. The third-order valence-electron chi connectivity index (χ3n) is 5.12.